The standard InChI is InChI=1S/C7H6N4O2/c8-5-3-6-9-2-1-4(7(12)13)11(6)10-5/h1-3H,(H2,8,10)(H,12,13). The summed E-state index contributed by atoms with van der Waals surface area (Å²) in [5.74, 6) is -0.809. The Morgan fingerprint density at radius 1 is 1.62 bits per heavy atom. The molecule has 0 aliphatic rings. The molecule has 3 N–H and O–H groups in total. The summed E-state index contributed by atoms with van der Waals surface area (Å²) in [6.07, 6.45) is 1.40. The Morgan fingerprint density at radius 3 is 3.08 bits per heavy atom. The minimum Gasteiger partial charge on any atom is -0.477 e. The van der Waals surface area contributed by atoms with E-state index in [-0.39, 0.29) is 11.5 Å². The van der Waals surface area contributed by atoms with Crippen molar-refractivity contribution < 1.29 is 9.90 Å². The van der Waals surface area contributed by atoms with Crippen molar-refractivity contribution in [3.05, 3.63) is 24.0 Å². The van der Waals surface area contributed by atoms with Gasteiger partial charge in [-0.3, -0.25) is 0 Å². The van der Waals surface area contributed by atoms with E-state index in [0.29, 0.717) is 5.65 Å². The van der Waals surface area contributed by atoms with Gasteiger partial charge in [-0.05, 0) is 6.07 Å². The molecule has 0 bridgehead atoms. The quantitative estimate of drug-likeness (QED) is 0.641. The second-order valence-corrected chi connectivity index (χ2v) is 2.47. The second-order valence-electron chi connectivity index (χ2n) is 2.47. The van der Waals surface area contributed by atoms with E-state index < -0.39 is 5.97 Å². The van der Waals surface area contributed by atoms with Crippen molar-refractivity contribution in [2.75, 3.05) is 5.73 Å². The summed E-state index contributed by atoms with van der Waals surface area (Å²) in [7, 11) is 0. The second kappa shape index (κ2) is 2.44. The number of rotatable bonds is 1. The van der Waals surface area contributed by atoms with E-state index in [1.807, 2.05) is 0 Å². The van der Waals surface area contributed by atoms with E-state index in [1.54, 1.807) is 0 Å². The molecule has 0 aromatic carbocycles. The lowest BCUT2D eigenvalue weighted by Crippen LogP contribution is -2.06. The molecule has 66 valence electrons. The molecular formula is C7H6N4O2. The van der Waals surface area contributed by atoms with Crippen LogP contribution in [0.4, 0.5) is 5.82 Å². The van der Waals surface area contributed by atoms with Gasteiger partial charge >= 0.3 is 5.97 Å². The van der Waals surface area contributed by atoms with Crippen LogP contribution in [0.5, 0.6) is 0 Å². The normalized spacial score (nSPS) is 10.5. The van der Waals surface area contributed by atoms with Crippen LogP contribution in [0.2, 0.25) is 0 Å². The maximum atomic E-state index is 10.7. The molecule has 0 unspecified atom stereocenters. The van der Waals surface area contributed by atoms with Gasteiger partial charge in [0.2, 0.25) is 0 Å². The molecule has 0 radical (unpaired) electrons. The maximum absolute atomic E-state index is 10.7. The summed E-state index contributed by atoms with van der Waals surface area (Å²) in [6, 6.07) is 2.87. The fourth-order valence-corrected chi connectivity index (χ4v) is 1.07. The smallest absolute Gasteiger partial charge is 0.354 e. The van der Waals surface area contributed by atoms with Gasteiger partial charge in [0.25, 0.3) is 0 Å². The van der Waals surface area contributed by atoms with Crippen molar-refractivity contribution in [1.29, 1.82) is 0 Å². The minimum atomic E-state index is -1.06. The van der Waals surface area contributed by atoms with Crippen LogP contribution in [0, 0.1) is 0 Å². The third-order valence-electron chi connectivity index (χ3n) is 1.60. The molecule has 6 nitrogen and oxygen atoms in total. The molecular weight excluding hydrogens is 172 g/mol. The van der Waals surface area contributed by atoms with E-state index in [0.717, 1.165) is 0 Å². The number of hydrogen-bond acceptors (Lipinski definition) is 4. The summed E-state index contributed by atoms with van der Waals surface area (Å²) in [5, 5.41) is 12.5. The van der Waals surface area contributed by atoms with Gasteiger partial charge in [0.05, 0.1) is 0 Å². The number of carboxylic acid groups (broad SMARTS) is 1. The molecule has 0 fully saturated rings. The Balaban J connectivity index is 2.82. The molecule has 0 atom stereocenters. The zero-order valence-electron chi connectivity index (χ0n) is 6.51. The largest absolute Gasteiger partial charge is 0.477 e. The highest BCUT2D eigenvalue weighted by Crippen LogP contribution is 2.07. The van der Waals surface area contributed by atoms with Crippen molar-refractivity contribution >= 4 is 17.4 Å². The number of nitrogen functional groups attached to an aromatic ring is 1. The number of carbonyl (C=O) groups is 1. The van der Waals surface area contributed by atoms with Crippen LogP contribution < -0.4 is 5.73 Å². The van der Waals surface area contributed by atoms with Gasteiger partial charge in [0.1, 0.15) is 5.82 Å². The summed E-state index contributed by atoms with van der Waals surface area (Å²) < 4.78 is 1.19. The van der Waals surface area contributed by atoms with E-state index in [9.17, 15) is 4.79 Å². The molecule has 0 aliphatic heterocycles. The predicted molar refractivity (Wildman–Crippen MR) is 44.4 cm³/mol. The minimum absolute atomic E-state index is 0.0432. The number of nitrogens with zero attached hydrogens (tertiary/aromatic N) is 3. The van der Waals surface area contributed by atoms with Gasteiger partial charge in [-0.2, -0.15) is 0 Å². The number of nitrogens with two attached hydrogens (primary N) is 1. The van der Waals surface area contributed by atoms with Gasteiger partial charge in [-0.1, -0.05) is 0 Å². The number of hydrogen-bond donors (Lipinski definition) is 2. The maximum Gasteiger partial charge on any atom is 0.354 e. The van der Waals surface area contributed by atoms with Crippen LogP contribution in [-0.2, 0) is 0 Å². The Hall–Kier alpha value is -2.11. The van der Waals surface area contributed by atoms with Crippen molar-refractivity contribution in [2.45, 2.75) is 0 Å². The molecule has 0 amide bonds. The Labute approximate surface area is 72.6 Å². The number of aromatic nitrogens is 3. The highest BCUT2D eigenvalue weighted by molar-refractivity contribution is 5.86. The van der Waals surface area contributed by atoms with Crippen LogP contribution in [0.25, 0.3) is 5.65 Å². The lowest BCUT2D eigenvalue weighted by Gasteiger charge is -1.96. The molecule has 2 aromatic heterocycles. The molecule has 2 heterocycles. The first-order valence-corrected chi connectivity index (χ1v) is 3.52. The molecule has 0 saturated heterocycles. The van der Waals surface area contributed by atoms with E-state index in [2.05, 4.69) is 10.1 Å². The molecule has 2 rings (SSSR count). The molecule has 0 aliphatic carbocycles. The lowest BCUT2D eigenvalue weighted by molar-refractivity contribution is 0.0687. The molecule has 0 saturated carbocycles. The Bertz CT molecular complexity index is 476. The van der Waals surface area contributed by atoms with Crippen molar-refractivity contribution in [1.82, 2.24) is 14.6 Å². The highest BCUT2D eigenvalue weighted by Gasteiger charge is 2.09. The average Bonchev–Trinajstić information content (AvgIpc) is 2.43. The van der Waals surface area contributed by atoms with Crippen molar-refractivity contribution in [2.24, 2.45) is 0 Å². The van der Waals surface area contributed by atoms with E-state index in [4.69, 9.17) is 10.8 Å². The van der Waals surface area contributed by atoms with Gasteiger partial charge in [0.15, 0.2) is 11.3 Å². The van der Waals surface area contributed by atoms with Crippen molar-refractivity contribution in [3.8, 4) is 0 Å². The topological polar surface area (TPSA) is 93.5 Å². The summed E-state index contributed by atoms with van der Waals surface area (Å²) in [4.78, 5) is 14.6. The number of aromatic carboxylic acids is 1. The first-order valence-electron chi connectivity index (χ1n) is 3.52. The number of anilines is 1. The SMILES string of the molecule is Nc1cc2nccc(C(=O)O)n2n1. The molecule has 2 aromatic rings. The average molecular weight is 178 g/mol. The van der Waals surface area contributed by atoms with Gasteiger partial charge < -0.3 is 10.8 Å². The van der Waals surface area contributed by atoms with Crippen molar-refractivity contribution in [3.63, 3.8) is 0 Å². The zero-order chi connectivity index (χ0) is 9.42. The van der Waals surface area contributed by atoms with Gasteiger partial charge in [-0.15, -0.1) is 5.10 Å². The summed E-state index contributed by atoms with van der Waals surface area (Å²) >= 11 is 0. The Morgan fingerprint density at radius 2 is 2.38 bits per heavy atom. The van der Waals surface area contributed by atoms with Crippen LogP contribution in [0.3, 0.4) is 0 Å². The fraction of sp³-hybridized carbons (Fsp3) is 0. The molecule has 0 spiro atoms. The third-order valence-corrected chi connectivity index (χ3v) is 1.60. The number of carboxylic acids is 1. The molecule has 6 heteroatoms. The fourth-order valence-electron chi connectivity index (χ4n) is 1.07. The first kappa shape index (κ1) is 7.53. The number of fused-ring (bicyclic) bond motifs is 1. The lowest BCUT2D eigenvalue weighted by atomic mass is 10.4. The van der Waals surface area contributed by atoms with Crippen LogP contribution in [-0.4, -0.2) is 25.7 Å². The van der Waals surface area contributed by atoms with Crippen LogP contribution >= 0.6 is 0 Å². The van der Waals surface area contributed by atoms with E-state index >= 15 is 0 Å². The monoisotopic (exact) mass is 178 g/mol. The Kier molecular flexibility index (Phi) is 1.42. The predicted octanol–water partition coefficient (Wildman–Crippen LogP) is 0.00970. The van der Waals surface area contributed by atoms with Crippen LogP contribution in [0.15, 0.2) is 18.3 Å². The molecule has 13 heavy (non-hydrogen) atoms. The highest BCUT2D eigenvalue weighted by atomic mass is 16.4. The van der Waals surface area contributed by atoms with Crippen LogP contribution in [0.1, 0.15) is 10.5 Å². The van der Waals surface area contributed by atoms with E-state index in [1.165, 1.54) is 22.8 Å². The summed E-state index contributed by atoms with van der Waals surface area (Å²) in [6.45, 7) is 0. The van der Waals surface area contributed by atoms with Gasteiger partial charge in [0, 0.05) is 12.3 Å². The van der Waals surface area contributed by atoms with Gasteiger partial charge in [-0.25, -0.2) is 14.3 Å². The third kappa shape index (κ3) is 1.08. The first-order chi connectivity index (χ1) is 6.18. The summed E-state index contributed by atoms with van der Waals surface area (Å²) in [5.41, 5.74) is 5.87. The zero-order valence-corrected chi connectivity index (χ0v) is 6.51.